The maximum atomic E-state index is 14.0. The second-order valence-corrected chi connectivity index (χ2v) is 9.82. The average molecular weight is 366 g/mol. The summed E-state index contributed by atoms with van der Waals surface area (Å²) in [5.41, 5.74) is -1.97. The zero-order chi connectivity index (χ0) is 16.7. The minimum atomic E-state index is -4.34. The van der Waals surface area contributed by atoms with E-state index in [9.17, 15) is 21.4 Å². The van der Waals surface area contributed by atoms with E-state index in [1.165, 1.54) is 6.07 Å². The Morgan fingerprint density at radius 2 is 1.74 bits per heavy atom. The Labute approximate surface area is 133 Å². The second kappa shape index (κ2) is 5.76. The van der Waals surface area contributed by atoms with Crippen molar-refractivity contribution in [1.82, 2.24) is 4.72 Å². The van der Waals surface area contributed by atoms with Crippen LogP contribution in [0.1, 0.15) is 18.4 Å². The highest BCUT2D eigenvalue weighted by atomic mass is 32.3. The van der Waals surface area contributed by atoms with E-state index in [4.69, 9.17) is 4.74 Å². The number of ether oxygens (including phenoxy) is 1. The fraction of sp³-hybridized carbons (Fsp3) is 0.538. The molecular weight excluding hydrogens is 350 g/mol. The normalized spacial score (nSPS) is 22.5. The lowest BCUT2D eigenvalue weighted by Gasteiger charge is -2.41. The van der Waals surface area contributed by atoms with E-state index in [0.29, 0.717) is 12.8 Å². The van der Waals surface area contributed by atoms with Gasteiger partial charge in [0.15, 0.2) is 0 Å². The van der Waals surface area contributed by atoms with Crippen molar-refractivity contribution in [1.29, 1.82) is 0 Å². The van der Waals surface area contributed by atoms with Crippen LogP contribution in [0.5, 0.6) is 0 Å². The first kappa shape index (κ1) is 16.7. The number of nitrogens with zero attached hydrogens (tertiary/aromatic N) is 1. The molecule has 1 aromatic carbocycles. The zero-order valence-corrected chi connectivity index (χ0v) is 13.8. The summed E-state index contributed by atoms with van der Waals surface area (Å²) < 4.78 is 75.4. The van der Waals surface area contributed by atoms with E-state index in [-0.39, 0.29) is 24.7 Å². The number of hydrogen-bond acceptors (Lipinski definition) is 4. The van der Waals surface area contributed by atoms with Crippen molar-refractivity contribution in [3.8, 4) is 0 Å². The van der Waals surface area contributed by atoms with E-state index >= 15 is 0 Å². The number of benzene rings is 1. The maximum absolute atomic E-state index is 14.0. The van der Waals surface area contributed by atoms with Gasteiger partial charge in [-0.1, -0.05) is 9.83 Å². The van der Waals surface area contributed by atoms with Crippen molar-refractivity contribution in [3.05, 3.63) is 35.4 Å². The Hall–Kier alpha value is -1.10. The monoisotopic (exact) mass is 366 g/mol. The number of nitrogens with one attached hydrogen (secondary N) is 1. The minimum absolute atomic E-state index is 0.214. The third-order valence-electron chi connectivity index (χ3n) is 3.87. The molecule has 2 saturated heterocycles. The van der Waals surface area contributed by atoms with Gasteiger partial charge < -0.3 is 4.74 Å². The first-order chi connectivity index (χ1) is 10.8. The molecule has 0 aromatic heterocycles. The predicted octanol–water partition coefficient (Wildman–Crippen LogP) is 1.29. The number of rotatable bonds is 4. The standard InChI is InChI=1S/C13H16F2N2O4S2/c14-10-4-3-5-11(15)12(10)13(8-21-9-13)16-23(19,20)17-22(18)6-1-2-7-22/h3-5,16H,1-2,6-9H2. The number of hydrogen-bond donors (Lipinski definition) is 1. The Bertz CT molecular complexity index is 811. The van der Waals surface area contributed by atoms with Gasteiger partial charge in [0.1, 0.15) is 17.2 Å². The van der Waals surface area contributed by atoms with Gasteiger partial charge in [-0.15, -0.1) is 0 Å². The summed E-state index contributed by atoms with van der Waals surface area (Å²) in [6.45, 7) is -0.443. The van der Waals surface area contributed by atoms with Crippen LogP contribution in [0.15, 0.2) is 22.0 Å². The zero-order valence-electron chi connectivity index (χ0n) is 12.1. The lowest BCUT2D eigenvalue weighted by atomic mass is 9.88. The van der Waals surface area contributed by atoms with E-state index in [1.54, 1.807) is 0 Å². The van der Waals surface area contributed by atoms with Crippen LogP contribution < -0.4 is 4.72 Å². The average Bonchev–Trinajstić information content (AvgIpc) is 2.80. The minimum Gasteiger partial charge on any atom is -0.377 e. The highest BCUT2D eigenvalue weighted by Crippen LogP contribution is 2.34. The molecular formula is C13H16F2N2O4S2. The fourth-order valence-electron chi connectivity index (χ4n) is 2.79. The van der Waals surface area contributed by atoms with Crippen molar-refractivity contribution < 1.29 is 26.1 Å². The fourth-order valence-corrected chi connectivity index (χ4v) is 7.20. The van der Waals surface area contributed by atoms with Gasteiger partial charge >= 0.3 is 10.2 Å². The molecule has 0 amide bonds. The van der Waals surface area contributed by atoms with E-state index < -0.39 is 42.7 Å². The summed E-state index contributed by atoms with van der Waals surface area (Å²) >= 11 is 0. The maximum Gasteiger partial charge on any atom is 0.328 e. The molecule has 0 spiro atoms. The third-order valence-corrected chi connectivity index (χ3v) is 8.25. The summed E-state index contributed by atoms with van der Waals surface area (Å²) in [5, 5.41) is 0. The molecule has 1 aromatic rings. The molecule has 2 fully saturated rings. The van der Waals surface area contributed by atoms with Crippen LogP contribution in [0.25, 0.3) is 0 Å². The first-order valence-electron chi connectivity index (χ1n) is 7.05. The van der Waals surface area contributed by atoms with Gasteiger partial charge in [0, 0.05) is 17.1 Å². The van der Waals surface area contributed by atoms with Crippen molar-refractivity contribution in [2.24, 2.45) is 3.77 Å². The van der Waals surface area contributed by atoms with Gasteiger partial charge in [-0.3, -0.25) is 0 Å². The van der Waals surface area contributed by atoms with Crippen LogP contribution >= 0.6 is 0 Å². The molecule has 10 heteroatoms. The van der Waals surface area contributed by atoms with Gasteiger partial charge in [0.05, 0.1) is 22.9 Å². The molecule has 3 rings (SSSR count). The molecule has 6 nitrogen and oxygen atoms in total. The van der Waals surface area contributed by atoms with Crippen LogP contribution in [0.3, 0.4) is 0 Å². The molecule has 0 aliphatic carbocycles. The van der Waals surface area contributed by atoms with Gasteiger partial charge in [0.2, 0.25) is 0 Å². The predicted molar refractivity (Wildman–Crippen MR) is 80.4 cm³/mol. The van der Waals surface area contributed by atoms with Crippen LogP contribution in [0.2, 0.25) is 0 Å². The molecule has 128 valence electrons. The largest absolute Gasteiger partial charge is 0.377 e. The van der Waals surface area contributed by atoms with E-state index in [0.717, 1.165) is 12.1 Å². The number of halogens is 2. The van der Waals surface area contributed by atoms with Gasteiger partial charge in [0.25, 0.3) is 0 Å². The van der Waals surface area contributed by atoms with Crippen molar-refractivity contribution >= 4 is 19.9 Å². The van der Waals surface area contributed by atoms with Gasteiger partial charge in [-0.05, 0) is 25.0 Å². The molecule has 0 unspecified atom stereocenters. The smallest absolute Gasteiger partial charge is 0.328 e. The Balaban J connectivity index is 1.98. The van der Waals surface area contributed by atoms with E-state index in [2.05, 4.69) is 8.49 Å². The lowest BCUT2D eigenvalue weighted by Crippen LogP contribution is -2.59. The summed E-state index contributed by atoms with van der Waals surface area (Å²) in [4.78, 5) is 0. The van der Waals surface area contributed by atoms with Crippen molar-refractivity contribution in [3.63, 3.8) is 0 Å². The first-order valence-corrected chi connectivity index (χ1v) is 10.3. The topological polar surface area (TPSA) is 84.8 Å². The summed E-state index contributed by atoms with van der Waals surface area (Å²) in [5.74, 6) is -1.32. The highest BCUT2D eigenvalue weighted by molar-refractivity contribution is 8.02. The lowest BCUT2D eigenvalue weighted by molar-refractivity contribution is -0.0696. The molecule has 23 heavy (non-hydrogen) atoms. The molecule has 0 atom stereocenters. The van der Waals surface area contributed by atoms with Crippen LogP contribution in [0.4, 0.5) is 8.78 Å². The molecule has 0 saturated carbocycles. The van der Waals surface area contributed by atoms with Crippen molar-refractivity contribution in [2.45, 2.75) is 18.4 Å². The summed E-state index contributed by atoms with van der Waals surface area (Å²) in [6.07, 6.45) is 1.29. The summed E-state index contributed by atoms with van der Waals surface area (Å²) in [6, 6.07) is 3.28. The van der Waals surface area contributed by atoms with Crippen LogP contribution in [-0.4, -0.2) is 37.3 Å². The van der Waals surface area contributed by atoms with E-state index in [1.807, 2.05) is 0 Å². The molecule has 2 aliphatic heterocycles. The quantitative estimate of drug-likeness (QED) is 0.870. The molecule has 1 N–H and O–H groups in total. The molecule has 0 bridgehead atoms. The summed E-state index contributed by atoms with van der Waals surface area (Å²) in [7, 11) is -7.16. The SMILES string of the molecule is O=S(=O)(N=S1(=O)CCCC1)NC1(c2c(F)cccc2F)COC1. The second-order valence-electron chi connectivity index (χ2n) is 5.71. The van der Waals surface area contributed by atoms with Crippen molar-refractivity contribution in [2.75, 3.05) is 24.7 Å². The molecule has 2 heterocycles. The Morgan fingerprint density at radius 1 is 1.17 bits per heavy atom. The van der Waals surface area contributed by atoms with Crippen LogP contribution in [-0.2, 0) is 30.2 Å². The Kier molecular flexibility index (Phi) is 4.20. The highest BCUT2D eigenvalue weighted by Gasteiger charge is 2.47. The van der Waals surface area contributed by atoms with Gasteiger partial charge in [-0.25, -0.2) is 13.0 Å². The molecule has 2 aliphatic rings. The molecule has 0 radical (unpaired) electrons. The van der Waals surface area contributed by atoms with Crippen LogP contribution in [0, 0.1) is 11.6 Å². The Morgan fingerprint density at radius 3 is 2.22 bits per heavy atom. The third kappa shape index (κ3) is 3.25. The van der Waals surface area contributed by atoms with Gasteiger partial charge in [-0.2, -0.15) is 13.1 Å².